The molecular formula is C26H27N7O7P+. The number of H-pyrrole nitrogens is 1. The van der Waals surface area contributed by atoms with Crippen molar-refractivity contribution in [3.05, 3.63) is 95.6 Å². The van der Waals surface area contributed by atoms with Gasteiger partial charge in [-0.15, -0.1) is 0 Å². The molecule has 1 saturated heterocycles. The van der Waals surface area contributed by atoms with Gasteiger partial charge in [0.2, 0.25) is 18.5 Å². The van der Waals surface area contributed by atoms with E-state index in [-0.39, 0.29) is 23.7 Å². The third-order valence-corrected chi connectivity index (χ3v) is 8.21. The number of aliphatic hydroxyl groups is 2. The van der Waals surface area contributed by atoms with Gasteiger partial charge in [-0.2, -0.15) is 9.55 Å². The fraction of sp³-hybridized carbons (Fsp3) is 0.231. The van der Waals surface area contributed by atoms with Gasteiger partial charge in [0.1, 0.15) is 31.2 Å². The molecule has 15 heteroatoms. The highest BCUT2D eigenvalue weighted by atomic mass is 31.2. The Hall–Kier alpha value is -4.17. The lowest BCUT2D eigenvalue weighted by molar-refractivity contribution is -0.664. The molecule has 0 aliphatic carbocycles. The highest BCUT2D eigenvalue weighted by molar-refractivity contribution is 7.51. The Morgan fingerprint density at radius 3 is 2.54 bits per heavy atom. The van der Waals surface area contributed by atoms with Crippen molar-refractivity contribution in [3.63, 3.8) is 0 Å². The number of anilines is 1. The summed E-state index contributed by atoms with van der Waals surface area (Å²) in [5, 5.41) is 21.6. The second kappa shape index (κ2) is 10.7. The number of hydrogen-bond donors (Lipinski definition) is 5. The number of nitrogens with two attached hydrogens (primary N) is 1. The minimum atomic E-state index is -4.30. The maximum atomic E-state index is 13.0. The predicted octanol–water partition coefficient (Wildman–Crippen LogP) is 0.791. The van der Waals surface area contributed by atoms with Gasteiger partial charge in [0, 0.05) is 12.4 Å². The van der Waals surface area contributed by atoms with Crippen molar-refractivity contribution in [1.29, 1.82) is 0 Å². The average Bonchev–Trinajstić information content (AvgIpc) is 3.69. The number of hydrogen-bond acceptors (Lipinski definition) is 9. The summed E-state index contributed by atoms with van der Waals surface area (Å²) in [4.78, 5) is 33.6. The van der Waals surface area contributed by atoms with Gasteiger partial charge >= 0.3 is 13.3 Å². The Balaban J connectivity index is 1.28. The smallest absolute Gasteiger partial charge is 0.387 e. The van der Waals surface area contributed by atoms with Crippen molar-refractivity contribution in [3.8, 4) is 11.1 Å². The van der Waals surface area contributed by atoms with E-state index in [2.05, 4.69) is 15.0 Å². The largest absolute Gasteiger partial charge is 0.437 e. The molecule has 5 aromatic rings. The normalized spacial score (nSPS) is 22.2. The lowest BCUT2D eigenvalue weighted by atomic mass is 10.0. The Labute approximate surface area is 232 Å². The molecule has 0 radical (unpaired) electrons. The summed E-state index contributed by atoms with van der Waals surface area (Å²) < 4.78 is 27.5. The predicted molar refractivity (Wildman–Crippen MR) is 145 cm³/mol. The van der Waals surface area contributed by atoms with E-state index in [0.717, 1.165) is 27.4 Å². The van der Waals surface area contributed by atoms with E-state index in [1.54, 1.807) is 10.9 Å². The molecule has 6 rings (SSSR count). The molecule has 41 heavy (non-hydrogen) atoms. The third-order valence-electron chi connectivity index (χ3n) is 6.91. The average molecular weight is 581 g/mol. The number of benzene rings is 2. The molecule has 3 unspecified atom stereocenters. The fourth-order valence-corrected chi connectivity index (χ4v) is 5.74. The van der Waals surface area contributed by atoms with Crippen LogP contribution in [0, 0.1) is 0 Å². The van der Waals surface area contributed by atoms with Crippen LogP contribution in [0.4, 0.5) is 5.95 Å². The van der Waals surface area contributed by atoms with Gasteiger partial charge in [0.25, 0.3) is 11.2 Å². The summed E-state index contributed by atoms with van der Waals surface area (Å²) in [5.74, 6) is -0.143. The molecular weight excluding hydrogens is 553 g/mol. The van der Waals surface area contributed by atoms with Crippen LogP contribution in [0.15, 0.2) is 84.4 Å². The number of aliphatic hydroxyl groups excluding tert-OH is 2. The van der Waals surface area contributed by atoms with Gasteiger partial charge < -0.3 is 25.6 Å². The molecule has 14 nitrogen and oxygen atoms in total. The van der Waals surface area contributed by atoms with Gasteiger partial charge in [0.15, 0.2) is 0 Å². The van der Waals surface area contributed by atoms with Gasteiger partial charge in [-0.05, 0) is 16.7 Å². The first kappa shape index (κ1) is 27.0. The first-order chi connectivity index (χ1) is 19.7. The molecule has 5 atom stereocenters. The number of ether oxygens (including phenoxy) is 1. The maximum Gasteiger partial charge on any atom is 0.437 e. The Bertz CT molecular complexity index is 1770. The SMILES string of the molecule is Nc1nc2c(c(=O)[nH]1)[n+](Cc1ccc(-c3ccccc3)cc1)cn2C1OC(COP(=O)(O)n2ccnc2)[C@H](O)[C@@H]1O. The molecule has 2 aromatic carbocycles. The summed E-state index contributed by atoms with van der Waals surface area (Å²) in [6.07, 6.45) is -0.0840. The molecule has 0 amide bonds. The standard InChI is InChI=1S/C26H26N7O7P/c27-26-29-23-20(24(36)30-26)31(12-16-6-8-18(9-7-16)17-4-2-1-3-5-17)15-33(23)25-22(35)21(34)19(40-25)13-39-41(37,38)32-11-10-28-14-32/h1-11,14-15,19,21-22,25,34-35H,12-13H2,(H3-,27,29,30,36,37,38)/p+1/t19?,21-,22-,25?/m0/s1. The van der Waals surface area contributed by atoms with E-state index in [1.807, 2.05) is 54.6 Å². The lowest BCUT2D eigenvalue weighted by Gasteiger charge is -2.17. The molecule has 3 aromatic heterocycles. The van der Waals surface area contributed by atoms with E-state index in [1.165, 1.54) is 17.0 Å². The highest BCUT2D eigenvalue weighted by Gasteiger charge is 2.48. The Kier molecular flexibility index (Phi) is 7.03. The number of fused-ring (bicyclic) bond motifs is 1. The molecule has 0 bridgehead atoms. The van der Waals surface area contributed by atoms with Crippen molar-refractivity contribution >= 4 is 24.9 Å². The van der Waals surface area contributed by atoms with Gasteiger partial charge in [-0.25, -0.2) is 18.5 Å². The van der Waals surface area contributed by atoms with Gasteiger partial charge in [-0.1, -0.05) is 54.6 Å². The van der Waals surface area contributed by atoms with E-state index in [0.29, 0.717) is 0 Å². The zero-order valence-electron chi connectivity index (χ0n) is 21.5. The topological polar surface area (TPSA) is 195 Å². The van der Waals surface area contributed by atoms with Crippen LogP contribution < -0.4 is 15.9 Å². The number of imidazole rings is 2. The van der Waals surface area contributed by atoms with Crippen molar-refractivity contribution in [2.45, 2.75) is 31.1 Å². The van der Waals surface area contributed by atoms with Crippen LogP contribution in [0.25, 0.3) is 22.3 Å². The minimum Gasteiger partial charge on any atom is -0.387 e. The molecule has 4 heterocycles. The fourth-order valence-electron chi connectivity index (χ4n) is 4.85. The van der Waals surface area contributed by atoms with Crippen molar-refractivity contribution < 1.29 is 33.5 Å². The molecule has 6 N–H and O–H groups in total. The van der Waals surface area contributed by atoms with Crippen LogP contribution in [-0.4, -0.2) is 63.9 Å². The van der Waals surface area contributed by atoms with Crippen LogP contribution in [0.2, 0.25) is 0 Å². The first-order valence-corrected chi connectivity index (χ1v) is 14.2. The zero-order chi connectivity index (χ0) is 28.7. The Morgan fingerprint density at radius 2 is 1.83 bits per heavy atom. The third kappa shape index (κ3) is 5.20. The summed E-state index contributed by atoms with van der Waals surface area (Å²) in [7, 11) is -4.30. The van der Waals surface area contributed by atoms with E-state index < -0.39 is 44.5 Å². The number of aromatic amines is 1. The number of aromatic nitrogens is 6. The number of nitrogen functional groups attached to an aromatic ring is 1. The number of nitrogens with zero attached hydrogens (tertiary/aromatic N) is 5. The van der Waals surface area contributed by atoms with Crippen LogP contribution in [-0.2, 0) is 20.4 Å². The second-order valence-corrected chi connectivity index (χ2v) is 11.3. The molecule has 1 aliphatic heterocycles. The first-order valence-electron chi connectivity index (χ1n) is 12.6. The summed E-state index contributed by atoms with van der Waals surface area (Å²) in [6, 6.07) is 17.8. The summed E-state index contributed by atoms with van der Waals surface area (Å²) in [6.45, 7) is -0.229. The molecule has 212 valence electrons. The molecule has 0 spiro atoms. The van der Waals surface area contributed by atoms with Crippen molar-refractivity contribution in [2.75, 3.05) is 12.3 Å². The molecule has 1 aliphatic rings. The van der Waals surface area contributed by atoms with Gasteiger partial charge in [0.05, 0.1) is 6.61 Å². The van der Waals surface area contributed by atoms with Gasteiger partial charge in [-0.3, -0.25) is 14.3 Å². The Morgan fingerprint density at radius 1 is 1.10 bits per heavy atom. The monoisotopic (exact) mass is 580 g/mol. The zero-order valence-corrected chi connectivity index (χ0v) is 22.4. The summed E-state index contributed by atoms with van der Waals surface area (Å²) >= 11 is 0. The van der Waals surface area contributed by atoms with Crippen LogP contribution in [0.3, 0.4) is 0 Å². The lowest BCUT2D eigenvalue weighted by Crippen LogP contribution is -2.37. The molecule has 0 saturated carbocycles. The number of nitrogens with one attached hydrogen (secondary N) is 1. The van der Waals surface area contributed by atoms with Crippen molar-refractivity contribution in [2.24, 2.45) is 0 Å². The molecule has 1 fully saturated rings. The summed E-state index contributed by atoms with van der Waals surface area (Å²) in [5.41, 5.74) is 8.64. The maximum absolute atomic E-state index is 13.0. The van der Waals surface area contributed by atoms with Crippen LogP contribution in [0.1, 0.15) is 11.8 Å². The van der Waals surface area contributed by atoms with Crippen LogP contribution in [0.5, 0.6) is 0 Å². The number of rotatable bonds is 8. The van der Waals surface area contributed by atoms with E-state index in [4.69, 9.17) is 15.0 Å². The van der Waals surface area contributed by atoms with E-state index in [9.17, 15) is 24.5 Å². The van der Waals surface area contributed by atoms with Crippen molar-refractivity contribution in [1.82, 2.24) is 23.9 Å². The second-order valence-electron chi connectivity index (χ2n) is 9.61. The van der Waals surface area contributed by atoms with E-state index >= 15 is 0 Å². The van der Waals surface area contributed by atoms with Crippen LogP contribution >= 0.6 is 7.75 Å². The quantitative estimate of drug-likeness (QED) is 0.129. The minimum absolute atomic E-state index is 0.121. The highest BCUT2D eigenvalue weighted by Crippen LogP contribution is 2.44.